The minimum absolute atomic E-state index is 0.285. The molecule has 0 spiro atoms. The smallest absolute Gasteiger partial charge is 0.0766 e. The molecule has 0 fully saturated rings. The first-order valence-electron chi connectivity index (χ1n) is 6.31. The van der Waals surface area contributed by atoms with Gasteiger partial charge in [0.15, 0.2) is 0 Å². The van der Waals surface area contributed by atoms with Crippen molar-refractivity contribution in [2.45, 2.75) is 51.8 Å². The third-order valence-electron chi connectivity index (χ3n) is 3.12. The first-order valence-corrected chi connectivity index (χ1v) is 7.54. The molecule has 0 aromatic carbocycles. The Labute approximate surface area is 118 Å². The number of hydrogen-bond acceptors (Lipinski definition) is 1. The second kappa shape index (κ2) is 6.79. The highest BCUT2D eigenvalue weighted by Gasteiger charge is 2.14. The van der Waals surface area contributed by atoms with E-state index in [-0.39, 0.29) is 5.38 Å². The van der Waals surface area contributed by atoms with Crippen LogP contribution in [0.5, 0.6) is 0 Å². The van der Waals surface area contributed by atoms with Crippen LogP contribution in [0.1, 0.15) is 45.0 Å². The molecule has 1 atom stereocenters. The molecule has 0 bridgehead atoms. The topological polar surface area (TPSA) is 17.8 Å². The molecule has 0 aliphatic heterocycles. The summed E-state index contributed by atoms with van der Waals surface area (Å²) < 4.78 is 3.17. The zero-order valence-corrected chi connectivity index (χ0v) is 13.5. The van der Waals surface area contributed by atoms with Crippen LogP contribution in [0.3, 0.4) is 0 Å². The number of rotatable bonds is 6. The second-order valence-corrected chi connectivity index (χ2v) is 6.19. The van der Waals surface area contributed by atoms with E-state index in [0.29, 0.717) is 5.92 Å². The lowest BCUT2D eigenvalue weighted by atomic mass is 10.0. The summed E-state index contributed by atoms with van der Waals surface area (Å²) in [7, 11) is 2.01. The maximum Gasteiger partial charge on any atom is 0.0766 e. The lowest BCUT2D eigenvalue weighted by molar-refractivity contribution is 0.540. The molecule has 17 heavy (non-hydrogen) atoms. The average molecular weight is 322 g/mol. The van der Waals surface area contributed by atoms with E-state index in [1.165, 1.54) is 10.2 Å². The molecular weight excluding hydrogens is 300 g/mol. The Morgan fingerprint density at radius 3 is 2.53 bits per heavy atom. The van der Waals surface area contributed by atoms with E-state index in [1.807, 2.05) is 11.7 Å². The van der Waals surface area contributed by atoms with Crippen molar-refractivity contribution in [2.75, 3.05) is 0 Å². The van der Waals surface area contributed by atoms with Gasteiger partial charge in [-0.1, -0.05) is 20.8 Å². The number of aryl methyl sites for hydroxylation is 2. The van der Waals surface area contributed by atoms with E-state index in [9.17, 15) is 0 Å². The molecular formula is C13H22BrClN2. The molecule has 1 heterocycles. The number of alkyl halides is 1. The van der Waals surface area contributed by atoms with Crippen LogP contribution in [-0.2, 0) is 19.9 Å². The van der Waals surface area contributed by atoms with Gasteiger partial charge in [-0.25, -0.2) is 0 Å². The van der Waals surface area contributed by atoms with Crippen molar-refractivity contribution in [1.82, 2.24) is 9.78 Å². The molecule has 98 valence electrons. The molecule has 0 saturated heterocycles. The highest BCUT2D eigenvalue weighted by molar-refractivity contribution is 9.10. The van der Waals surface area contributed by atoms with E-state index < -0.39 is 0 Å². The molecule has 2 nitrogen and oxygen atoms in total. The van der Waals surface area contributed by atoms with Gasteiger partial charge in [0.2, 0.25) is 0 Å². The summed E-state index contributed by atoms with van der Waals surface area (Å²) in [4.78, 5) is 0. The van der Waals surface area contributed by atoms with Crippen molar-refractivity contribution in [3.8, 4) is 0 Å². The quantitative estimate of drug-likeness (QED) is 0.713. The van der Waals surface area contributed by atoms with E-state index in [4.69, 9.17) is 11.6 Å². The number of nitrogens with zero attached hydrogens (tertiary/aromatic N) is 2. The van der Waals surface area contributed by atoms with Crippen LogP contribution in [-0.4, -0.2) is 15.2 Å². The molecule has 4 heteroatoms. The Bertz CT molecular complexity index is 361. The lowest BCUT2D eigenvalue weighted by Gasteiger charge is -2.12. The highest BCUT2D eigenvalue weighted by Crippen LogP contribution is 2.24. The predicted molar refractivity (Wildman–Crippen MR) is 77.7 cm³/mol. The van der Waals surface area contributed by atoms with Crippen LogP contribution in [0.4, 0.5) is 0 Å². The molecule has 0 saturated carbocycles. The van der Waals surface area contributed by atoms with Crippen LogP contribution >= 0.6 is 27.5 Å². The Hall–Kier alpha value is -0.0200. The van der Waals surface area contributed by atoms with Crippen LogP contribution < -0.4 is 0 Å². The molecule has 1 aromatic heterocycles. The van der Waals surface area contributed by atoms with Gasteiger partial charge in [0, 0.05) is 12.4 Å². The largest absolute Gasteiger partial charge is 0.271 e. The number of halogens is 2. The second-order valence-electron chi connectivity index (χ2n) is 4.84. The number of aromatic nitrogens is 2. The third-order valence-corrected chi connectivity index (χ3v) is 4.76. The van der Waals surface area contributed by atoms with Crippen molar-refractivity contribution in [2.24, 2.45) is 13.0 Å². The fraction of sp³-hybridized carbons (Fsp3) is 0.769. The average Bonchev–Trinajstić information content (AvgIpc) is 2.55. The fourth-order valence-corrected chi connectivity index (χ4v) is 2.86. The zero-order chi connectivity index (χ0) is 13.0. The molecule has 1 rings (SSSR count). The van der Waals surface area contributed by atoms with E-state index >= 15 is 0 Å². The first kappa shape index (κ1) is 15.0. The van der Waals surface area contributed by atoms with Gasteiger partial charge in [0.05, 0.1) is 15.9 Å². The summed E-state index contributed by atoms with van der Waals surface area (Å²) in [6.45, 7) is 6.48. The molecule has 0 radical (unpaired) electrons. The molecule has 1 aromatic rings. The van der Waals surface area contributed by atoms with Crippen molar-refractivity contribution in [3.63, 3.8) is 0 Å². The summed E-state index contributed by atoms with van der Waals surface area (Å²) in [6.07, 6.45) is 4.20. The SMILES string of the molecule is CCc1nn(C)c(CCCC(Cl)C(C)C)c1Br. The van der Waals surface area contributed by atoms with E-state index in [1.54, 1.807) is 0 Å². The van der Waals surface area contributed by atoms with E-state index in [0.717, 1.165) is 31.4 Å². The zero-order valence-electron chi connectivity index (χ0n) is 11.1. The molecule has 0 amide bonds. The van der Waals surface area contributed by atoms with Gasteiger partial charge in [0.1, 0.15) is 0 Å². The van der Waals surface area contributed by atoms with E-state index in [2.05, 4.69) is 41.8 Å². The van der Waals surface area contributed by atoms with Gasteiger partial charge < -0.3 is 0 Å². The minimum Gasteiger partial charge on any atom is -0.271 e. The Morgan fingerprint density at radius 2 is 2.06 bits per heavy atom. The summed E-state index contributed by atoms with van der Waals surface area (Å²) in [5, 5.41) is 4.78. The molecule has 1 unspecified atom stereocenters. The molecule has 0 aliphatic carbocycles. The summed E-state index contributed by atoms with van der Waals surface area (Å²) >= 11 is 9.90. The van der Waals surface area contributed by atoms with Crippen molar-refractivity contribution < 1.29 is 0 Å². The van der Waals surface area contributed by atoms with Crippen LogP contribution in [0.25, 0.3) is 0 Å². The Morgan fingerprint density at radius 1 is 1.41 bits per heavy atom. The first-order chi connectivity index (χ1) is 7.97. The Balaban J connectivity index is 2.55. The fourth-order valence-electron chi connectivity index (χ4n) is 1.89. The van der Waals surface area contributed by atoms with Crippen LogP contribution in [0.2, 0.25) is 0 Å². The predicted octanol–water partition coefficient (Wildman–Crippen LogP) is 4.33. The van der Waals surface area contributed by atoms with Crippen LogP contribution in [0, 0.1) is 5.92 Å². The Kier molecular flexibility index (Phi) is 6.01. The lowest BCUT2D eigenvalue weighted by Crippen LogP contribution is -2.08. The maximum absolute atomic E-state index is 6.26. The summed E-state index contributed by atoms with van der Waals surface area (Å²) in [5.41, 5.74) is 2.43. The summed E-state index contributed by atoms with van der Waals surface area (Å²) in [6, 6.07) is 0. The van der Waals surface area contributed by atoms with Gasteiger partial charge in [0.25, 0.3) is 0 Å². The normalized spacial score (nSPS) is 13.4. The van der Waals surface area contributed by atoms with Crippen molar-refractivity contribution in [3.05, 3.63) is 15.9 Å². The van der Waals surface area contributed by atoms with Crippen LogP contribution in [0.15, 0.2) is 4.47 Å². The van der Waals surface area contributed by atoms with Crippen molar-refractivity contribution in [1.29, 1.82) is 0 Å². The summed E-state index contributed by atoms with van der Waals surface area (Å²) in [5.74, 6) is 0.554. The minimum atomic E-state index is 0.285. The highest BCUT2D eigenvalue weighted by atomic mass is 79.9. The van der Waals surface area contributed by atoms with Gasteiger partial charge in [-0.15, -0.1) is 11.6 Å². The molecule has 0 aliphatic rings. The number of hydrogen-bond donors (Lipinski definition) is 0. The third kappa shape index (κ3) is 3.99. The standard InChI is InChI=1S/C13H22BrClN2/c1-5-11-13(14)12(17(4)16-11)8-6-7-10(15)9(2)3/h9-10H,5-8H2,1-4H3. The molecule has 0 N–H and O–H groups in total. The maximum atomic E-state index is 6.26. The monoisotopic (exact) mass is 320 g/mol. The van der Waals surface area contributed by atoms with Gasteiger partial charge in [-0.05, 0) is 47.5 Å². The van der Waals surface area contributed by atoms with Crippen molar-refractivity contribution >= 4 is 27.5 Å². The van der Waals surface area contributed by atoms with Gasteiger partial charge >= 0.3 is 0 Å². The van der Waals surface area contributed by atoms with Gasteiger partial charge in [-0.2, -0.15) is 5.10 Å². The van der Waals surface area contributed by atoms with Gasteiger partial charge in [-0.3, -0.25) is 4.68 Å².